The average molecular weight is 473 g/mol. The summed E-state index contributed by atoms with van der Waals surface area (Å²) in [5, 5.41) is 25.8. The first-order chi connectivity index (χ1) is 16.2. The van der Waals surface area contributed by atoms with Crippen LogP contribution in [0.4, 0.5) is 0 Å². The second-order valence-corrected chi connectivity index (χ2v) is 8.37. The Morgan fingerprint density at radius 3 is 2.41 bits per heavy atom. The fourth-order valence-electron chi connectivity index (χ4n) is 3.76. The molecule has 0 aliphatic carbocycles. The standard InChI is InChI=1S/C27H40N2O5/c1-6-10-21(7-2)22(8-3)17-25(30)19(4)29-27(33)24(18-26(31)32)28-16-9-11-20-12-14-23(34-5)15-13-20/h6-7,10,12-15,19,22,24-25,28,30H,1-2,8-9,11,16-18H2,3-5H3,(H,29,33)(H,31,32)/b21-10+. The van der Waals surface area contributed by atoms with Gasteiger partial charge >= 0.3 is 5.97 Å². The number of carbonyl (C=O) groups excluding carboxylic acids is 1. The predicted molar refractivity (Wildman–Crippen MR) is 136 cm³/mol. The minimum Gasteiger partial charge on any atom is -0.497 e. The number of nitrogens with one attached hydrogen (secondary N) is 2. The van der Waals surface area contributed by atoms with Crippen molar-refractivity contribution < 1.29 is 24.5 Å². The Balaban J connectivity index is 2.63. The molecule has 7 nitrogen and oxygen atoms in total. The zero-order valence-electron chi connectivity index (χ0n) is 20.6. The number of rotatable bonds is 17. The third-order valence-corrected chi connectivity index (χ3v) is 5.87. The first-order valence-corrected chi connectivity index (χ1v) is 11.8. The van der Waals surface area contributed by atoms with E-state index in [2.05, 4.69) is 23.8 Å². The highest BCUT2D eigenvalue weighted by molar-refractivity contribution is 5.86. The first-order valence-electron chi connectivity index (χ1n) is 11.8. The smallest absolute Gasteiger partial charge is 0.305 e. The Hall–Kier alpha value is -2.90. The number of aryl methyl sites for hydroxylation is 1. The van der Waals surface area contributed by atoms with Gasteiger partial charge in [0.05, 0.1) is 31.7 Å². The SMILES string of the molecule is C=C/C=C(\C=C)C(CC)CC(O)C(C)NC(=O)C(CC(=O)O)NCCCc1ccc(OC)cc1. The number of methoxy groups -OCH3 is 1. The monoisotopic (exact) mass is 472 g/mol. The topological polar surface area (TPSA) is 108 Å². The van der Waals surface area contributed by atoms with Crippen LogP contribution in [-0.2, 0) is 16.0 Å². The van der Waals surface area contributed by atoms with Gasteiger partial charge in [-0.1, -0.05) is 50.4 Å². The van der Waals surface area contributed by atoms with Crippen molar-refractivity contribution in [1.82, 2.24) is 10.6 Å². The van der Waals surface area contributed by atoms with E-state index in [0.29, 0.717) is 13.0 Å². The molecule has 0 saturated heterocycles. The van der Waals surface area contributed by atoms with Crippen molar-refractivity contribution in [2.75, 3.05) is 13.7 Å². The third-order valence-electron chi connectivity index (χ3n) is 5.87. The van der Waals surface area contributed by atoms with Gasteiger partial charge in [-0.2, -0.15) is 0 Å². The second kappa shape index (κ2) is 15.9. The Bertz CT molecular complexity index is 819. The lowest BCUT2D eigenvalue weighted by Gasteiger charge is -2.27. The van der Waals surface area contributed by atoms with E-state index >= 15 is 0 Å². The summed E-state index contributed by atoms with van der Waals surface area (Å²) in [4.78, 5) is 24.1. The Kier molecular flexibility index (Phi) is 13.6. The lowest BCUT2D eigenvalue weighted by molar-refractivity contribution is -0.140. The van der Waals surface area contributed by atoms with E-state index in [9.17, 15) is 19.8 Å². The molecule has 0 aliphatic rings. The molecule has 0 aromatic heterocycles. The molecule has 4 N–H and O–H groups in total. The van der Waals surface area contributed by atoms with Crippen LogP contribution >= 0.6 is 0 Å². The Labute approximate surface area is 203 Å². The van der Waals surface area contributed by atoms with Gasteiger partial charge in [0.15, 0.2) is 0 Å². The number of carboxylic acid groups (broad SMARTS) is 1. The van der Waals surface area contributed by atoms with E-state index in [0.717, 1.165) is 36.1 Å². The molecule has 4 atom stereocenters. The molecule has 4 unspecified atom stereocenters. The summed E-state index contributed by atoms with van der Waals surface area (Å²) in [5.41, 5.74) is 2.12. The van der Waals surface area contributed by atoms with Gasteiger partial charge in [-0.15, -0.1) is 0 Å². The zero-order valence-corrected chi connectivity index (χ0v) is 20.6. The van der Waals surface area contributed by atoms with Crippen molar-refractivity contribution in [3.8, 4) is 5.75 Å². The number of aliphatic carboxylic acids is 1. The van der Waals surface area contributed by atoms with Crippen LogP contribution in [0.5, 0.6) is 5.75 Å². The van der Waals surface area contributed by atoms with E-state index in [1.54, 1.807) is 26.2 Å². The van der Waals surface area contributed by atoms with Gasteiger partial charge in [0, 0.05) is 0 Å². The molecule has 1 amide bonds. The lowest BCUT2D eigenvalue weighted by Crippen LogP contribution is -2.51. The third kappa shape index (κ3) is 10.4. The average Bonchev–Trinajstić information content (AvgIpc) is 2.82. The second-order valence-electron chi connectivity index (χ2n) is 8.37. The van der Waals surface area contributed by atoms with Gasteiger partial charge in [-0.3, -0.25) is 9.59 Å². The Morgan fingerprint density at radius 1 is 1.21 bits per heavy atom. The molecule has 1 aromatic rings. The van der Waals surface area contributed by atoms with Gasteiger partial charge in [0.25, 0.3) is 0 Å². The molecule has 7 heteroatoms. The fraction of sp³-hybridized carbons (Fsp3) is 0.481. The summed E-state index contributed by atoms with van der Waals surface area (Å²) in [6.45, 7) is 11.8. The highest BCUT2D eigenvalue weighted by Crippen LogP contribution is 2.23. The summed E-state index contributed by atoms with van der Waals surface area (Å²) in [5.74, 6) is -0.626. The molecule has 1 rings (SSSR count). The molecule has 0 fully saturated rings. The van der Waals surface area contributed by atoms with Crippen molar-refractivity contribution >= 4 is 11.9 Å². The summed E-state index contributed by atoms with van der Waals surface area (Å²) >= 11 is 0. The number of benzene rings is 1. The lowest BCUT2D eigenvalue weighted by atomic mass is 9.88. The predicted octanol–water partition coefficient (Wildman–Crippen LogP) is 3.64. The number of aliphatic hydroxyl groups excluding tert-OH is 1. The number of hydrogen-bond donors (Lipinski definition) is 4. The maximum Gasteiger partial charge on any atom is 0.305 e. The molecule has 0 radical (unpaired) electrons. The number of allylic oxidation sites excluding steroid dienone is 4. The molecule has 0 heterocycles. The van der Waals surface area contributed by atoms with E-state index in [-0.39, 0.29) is 12.3 Å². The highest BCUT2D eigenvalue weighted by atomic mass is 16.5. The number of ether oxygens (including phenoxy) is 1. The molecule has 34 heavy (non-hydrogen) atoms. The van der Waals surface area contributed by atoms with Crippen molar-refractivity contribution in [3.63, 3.8) is 0 Å². The van der Waals surface area contributed by atoms with E-state index < -0.39 is 30.1 Å². The summed E-state index contributed by atoms with van der Waals surface area (Å²) < 4.78 is 5.15. The molecule has 0 spiro atoms. The fourth-order valence-corrected chi connectivity index (χ4v) is 3.76. The van der Waals surface area contributed by atoms with Gasteiger partial charge in [-0.05, 0) is 68.3 Å². The van der Waals surface area contributed by atoms with Crippen LogP contribution in [-0.4, -0.2) is 53.9 Å². The normalized spacial score (nSPS) is 15.0. The Morgan fingerprint density at radius 2 is 1.88 bits per heavy atom. The molecular weight excluding hydrogens is 432 g/mol. The van der Waals surface area contributed by atoms with Crippen LogP contribution in [0.3, 0.4) is 0 Å². The first kappa shape index (κ1) is 29.1. The highest BCUT2D eigenvalue weighted by Gasteiger charge is 2.26. The minimum atomic E-state index is -1.06. The van der Waals surface area contributed by atoms with Crippen molar-refractivity contribution in [1.29, 1.82) is 0 Å². The van der Waals surface area contributed by atoms with Gasteiger partial charge in [0.1, 0.15) is 5.75 Å². The van der Waals surface area contributed by atoms with Gasteiger partial charge in [-0.25, -0.2) is 0 Å². The van der Waals surface area contributed by atoms with Crippen LogP contribution in [0.25, 0.3) is 0 Å². The number of hydrogen-bond acceptors (Lipinski definition) is 5. The molecule has 0 bridgehead atoms. The summed E-state index contributed by atoms with van der Waals surface area (Å²) in [6, 6.07) is 6.33. The van der Waals surface area contributed by atoms with Crippen LogP contribution in [0.15, 0.2) is 61.2 Å². The number of carboxylic acids is 1. The maximum atomic E-state index is 12.8. The maximum absolute atomic E-state index is 12.8. The molecule has 0 aliphatic heterocycles. The van der Waals surface area contributed by atoms with E-state index in [1.807, 2.05) is 37.3 Å². The number of carbonyl (C=O) groups is 2. The molecular formula is C27H40N2O5. The van der Waals surface area contributed by atoms with Crippen LogP contribution in [0.2, 0.25) is 0 Å². The quantitative estimate of drug-likeness (QED) is 0.204. The molecule has 0 saturated carbocycles. The van der Waals surface area contributed by atoms with Crippen molar-refractivity contribution in [3.05, 3.63) is 66.8 Å². The molecule has 1 aromatic carbocycles. The molecule has 188 valence electrons. The van der Waals surface area contributed by atoms with Gasteiger partial charge in [0.2, 0.25) is 5.91 Å². The minimum absolute atomic E-state index is 0.0794. The van der Waals surface area contributed by atoms with Crippen molar-refractivity contribution in [2.45, 2.75) is 64.1 Å². The summed E-state index contributed by atoms with van der Waals surface area (Å²) in [7, 11) is 1.62. The van der Waals surface area contributed by atoms with Crippen LogP contribution in [0.1, 0.15) is 45.1 Å². The number of aliphatic hydroxyl groups is 1. The van der Waals surface area contributed by atoms with Gasteiger partial charge < -0.3 is 25.6 Å². The largest absolute Gasteiger partial charge is 0.497 e. The van der Waals surface area contributed by atoms with Crippen LogP contribution < -0.4 is 15.4 Å². The summed E-state index contributed by atoms with van der Waals surface area (Å²) in [6.07, 6.45) is 6.97. The van der Waals surface area contributed by atoms with Crippen LogP contribution in [0, 0.1) is 5.92 Å². The van der Waals surface area contributed by atoms with E-state index in [4.69, 9.17) is 4.74 Å². The van der Waals surface area contributed by atoms with E-state index in [1.165, 1.54) is 0 Å². The van der Waals surface area contributed by atoms with Crippen molar-refractivity contribution in [2.24, 2.45) is 5.92 Å². The zero-order chi connectivity index (χ0) is 25.5. The number of amides is 1.